The van der Waals surface area contributed by atoms with E-state index in [-0.39, 0.29) is 11.7 Å². The Hall–Kier alpha value is -1.97. The van der Waals surface area contributed by atoms with Crippen LogP contribution in [0, 0.1) is 5.92 Å². The van der Waals surface area contributed by atoms with Crippen LogP contribution in [0.3, 0.4) is 0 Å². The molecule has 0 heterocycles. The van der Waals surface area contributed by atoms with Gasteiger partial charge in [-0.05, 0) is 77.3 Å². The number of aromatic hydroxyl groups is 1. The number of rotatable bonds is 9. The minimum absolute atomic E-state index is 0.0155. The molecule has 9 heteroatoms. The fourth-order valence-corrected chi connectivity index (χ4v) is 4.59. The van der Waals surface area contributed by atoms with Crippen LogP contribution in [0.5, 0.6) is 5.75 Å². The van der Waals surface area contributed by atoms with Gasteiger partial charge in [0.1, 0.15) is 11.9 Å². The SMILES string of the molecule is CSc1ccc(NC(=O)O[C@@H](c2cc(Br)cc(Br)c2O)[C@@H](C)CC/C=C/C(=O)O)cc1. The molecule has 2 aromatic rings. The van der Waals surface area contributed by atoms with Crippen LogP contribution in [0.15, 0.2) is 62.4 Å². The maximum absolute atomic E-state index is 12.6. The zero-order valence-corrected chi connectivity index (χ0v) is 21.0. The molecule has 2 atom stereocenters. The zero-order chi connectivity index (χ0) is 23.0. The first-order chi connectivity index (χ1) is 14.7. The van der Waals surface area contributed by atoms with E-state index in [1.54, 1.807) is 42.1 Å². The van der Waals surface area contributed by atoms with Gasteiger partial charge in [-0.3, -0.25) is 5.32 Å². The van der Waals surface area contributed by atoms with Crippen LogP contribution in [0.1, 0.15) is 31.4 Å². The third kappa shape index (κ3) is 7.90. The Balaban J connectivity index is 2.22. The van der Waals surface area contributed by atoms with Gasteiger partial charge in [0.05, 0.1) is 4.47 Å². The average Bonchev–Trinajstić information content (AvgIpc) is 2.72. The summed E-state index contributed by atoms with van der Waals surface area (Å²) in [4.78, 5) is 24.4. The van der Waals surface area contributed by atoms with Crippen molar-refractivity contribution in [3.63, 3.8) is 0 Å². The summed E-state index contributed by atoms with van der Waals surface area (Å²) in [6.07, 6.45) is 4.25. The summed E-state index contributed by atoms with van der Waals surface area (Å²) in [6.45, 7) is 1.88. The van der Waals surface area contributed by atoms with E-state index in [9.17, 15) is 14.7 Å². The predicted octanol–water partition coefficient (Wildman–Crippen LogP) is 6.99. The largest absolute Gasteiger partial charge is 0.506 e. The second-order valence-electron chi connectivity index (χ2n) is 6.80. The van der Waals surface area contributed by atoms with Crippen molar-refractivity contribution in [1.29, 1.82) is 0 Å². The van der Waals surface area contributed by atoms with E-state index in [0.29, 0.717) is 33.0 Å². The molecule has 6 nitrogen and oxygen atoms in total. The van der Waals surface area contributed by atoms with Crippen molar-refractivity contribution in [3.8, 4) is 5.75 Å². The highest BCUT2D eigenvalue weighted by atomic mass is 79.9. The number of halogens is 2. The van der Waals surface area contributed by atoms with E-state index < -0.39 is 18.2 Å². The normalized spacial score (nSPS) is 13.0. The number of ether oxygens (including phenoxy) is 1. The number of carbonyl (C=O) groups excluding carboxylic acids is 1. The number of phenols is 1. The number of carboxylic acids is 1. The average molecular weight is 573 g/mol. The van der Waals surface area contributed by atoms with Crippen LogP contribution >= 0.6 is 43.6 Å². The lowest BCUT2D eigenvalue weighted by atomic mass is 9.92. The summed E-state index contributed by atoms with van der Waals surface area (Å²) in [5.41, 5.74) is 1.04. The second-order valence-corrected chi connectivity index (χ2v) is 9.45. The topological polar surface area (TPSA) is 95.9 Å². The van der Waals surface area contributed by atoms with E-state index in [4.69, 9.17) is 9.84 Å². The second kappa shape index (κ2) is 12.2. The number of anilines is 1. The van der Waals surface area contributed by atoms with Gasteiger partial charge in [0.15, 0.2) is 0 Å². The Kier molecular flexibility index (Phi) is 9.93. The van der Waals surface area contributed by atoms with Crippen LogP contribution in [0.4, 0.5) is 10.5 Å². The highest BCUT2D eigenvalue weighted by molar-refractivity contribution is 9.11. The predicted molar refractivity (Wildman–Crippen MR) is 130 cm³/mol. The number of aliphatic carboxylic acids is 1. The first-order valence-electron chi connectivity index (χ1n) is 9.40. The lowest BCUT2D eigenvalue weighted by Gasteiger charge is -2.26. The Morgan fingerprint density at radius 3 is 2.52 bits per heavy atom. The smallest absolute Gasteiger partial charge is 0.412 e. The number of hydrogen-bond acceptors (Lipinski definition) is 5. The summed E-state index contributed by atoms with van der Waals surface area (Å²) in [5.74, 6) is -1.23. The Bertz CT molecular complexity index is 950. The molecule has 0 fully saturated rings. The Morgan fingerprint density at radius 2 is 1.90 bits per heavy atom. The van der Waals surface area contributed by atoms with Gasteiger partial charge in [-0.25, -0.2) is 9.59 Å². The molecule has 0 spiro atoms. The molecule has 166 valence electrons. The fourth-order valence-electron chi connectivity index (χ4n) is 2.92. The quantitative estimate of drug-likeness (QED) is 0.221. The van der Waals surface area contributed by atoms with Gasteiger partial charge in [0.2, 0.25) is 0 Å². The molecule has 0 bridgehead atoms. The standard InChI is InChI=1S/C22H23Br2NO5S/c1-13(5-3-4-6-19(26)27)21(17-11-14(23)12-18(24)20(17)28)30-22(29)25-15-7-9-16(31-2)10-8-15/h4,6-13,21,28H,3,5H2,1-2H3,(H,25,29)(H,26,27)/b6-4+/t13-,21+/m0/s1. The molecule has 0 aliphatic carbocycles. The highest BCUT2D eigenvalue weighted by Crippen LogP contribution is 2.40. The third-order valence-electron chi connectivity index (χ3n) is 4.50. The molecule has 31 heavy (non-hydrogen) atoms. The summed E-state index contributed by atoms with van der Waals surface area (Å²) in [5, 5.41) is 22.0. The fraction of sp³-hybridized carbons (Fsp3) is 0.273. The number of allylic oxidation sites excluding steroid dienone is 1. The van der Waals surface area contributed by atoms with Crippen molar-refractivity contribution >= 4 is 61.4 Å². The van der Waals surface area contributed by atoms with Crippen LogP contribution in [0.2, 0.25) is 0 Å². The number of carboxylic acid groups (broad SMARTS) is 1. The Morgan fingerprint density at radius 1 is 1.23 bits per heavy atom. The van der Waals surface area contributed by atoms with Crippen molar-refractivity contribution in [2.45, 2.75) is 30.8 Å². The summed E-state index contributed by atoms with van der Waals surface area (Å²) in [7, 11) is 0. The molecule has 0 aliphatic heterocycles. The molecule has 0 saturated heterocycles. The monoisotopic (exact) mass is 571 g/mol. The van der Waals surface area contributed by atoms with Gasteiger partial charge in [-0.15, -0.1) is 11.8 Å². The van der Waals surface area contributed by atoms with E-state index in [0.717, 1.165) is 11.0 Å². The highest BCUT2D eigenvalue weighted by Gasteiger charge is 2.27. The number of carbonyl (C=O) groups is 2. The molecule has 0 radical (unpaired) electrons. The van der Waals surface area contributed by atoms with E-state index in [1.807, 2.05) is 25.3 Å². The maximum atomic E-state index is 12.6. The van der Waals surface area contributed by atoms with Crippen LogP contribution < -0.4 is 5.32 Å². The van der Waals surface area contributed by atoms with Gasteiger partial charge in [-0.2, -0.15) is 0 Å². The van der Waals surface area contributed by atoms with E-state index in [2.05, 4.69) is 37.2 Å². The van der Waals surface area contributed by atoms with Crippen molar-refractivity contribution in [2.75, 3.05) is 11.6 Å². The Labute approximate surface area is 202 Å². The molecule has 1 amide bonds. The molecule has 3 N–H and O–H groups in total. The van der Waals surface area contributed by atoms with E-state index >= 15 is 0 Å². The number of amides is 1. The molecule has 0 unspecified atom stereocenters. The number of hydrogen-bond donors (Lipinski definition) is 3. The lowest BCUT2D eigenvalue weighted by molar-refractivity contribution is -0.131. The van der Waals surface area contributed by atoms with Crippen LogP contribution in [-0.4, -0.2) is 28.5 Å². The van der Waals surface area contributed by atoms with E-state index in [1.165, 1.54) is 0 Å². The number of thioether (sulfide) groups is 1. The van der Waals surface area contributed by atoms with Gasteiger partial charge >= 0.3 is 12.1 Å². The first kappa shape index (κ1) is 25.3. The molecule has 0 aliphatic rings. The summed E-state index contributed by atoms with van der Waals surface area (Å²) in [6, 6.07) is 10.8. The zero-order valence-electron chi connectivity index (χ0n) is 17.0. The first-order valence-corrected chi connectivity index (χ1v) is 12.2. The van der Waals surface area contributed by atoms with Gasteiger partial charge < -0.3 is 14.9 Å². The van der Waals surface area contributed by atoms with Crippen molar-refractivity contribution in [3.05, 3.63) is 63.1 Å². The molecule has 2 rings (SSSR count). The minimum Gasteiger partial charge on any atom is -0.506 e. The molecular weight excluding hydrogens is 550 g/mol. The molecule has 0 saturated carbocycles. The minimum atomic E-state index is -1.01. The van der Waals surface area contributed by atoms with Crippen LogP contribution in [-0.2, 0) is 9.53 Å². The van der Waals surface area contributed by atoms with Crippen molar-refractivity contribution < 1.29 is 24.5 Å². The molecular formula is C22H23Br2NO5S. The molecule has 2 aromatic carbocycles. The third-order valence-corrected chi connectivity index (χ3v) is 6.31. The maximum Gasteiger partial charge on any atom is 0.412 e. The van der Waals surface area contributed by atoms with Crippen molar-refractivity contribution in [2.24, 2.45) is 5.92 Å². The number of phenolic OH excluding ortho intramolecular Hbond substituents is 1. The van der Waals surface area contributed by atoms with Crippen LogP contribution in [0.25, 0.3) is 0 Å². The number of benzene rings is 2. The summed E-state index contributed by atoms with van der Waals surface area (Å²) < 4.78 is 6.91. The van der Waals surface area contributed by atoms with Gasteiger partial charge in [-0.1, -0.05) is 28.9 Å². The molecule has 0 aromatic heterocycles. The number of nitrogens with one attached hydrogen (secondary N) is 1. The lowest BCUT2D eigenvalue weighted by Crippen LogP contribution is -2.22. The van der Waals surface area contributed by atoms with Crippen molar-refractivity contribution in [1.82, 2.24) is 0 Å². The summed E-state index contributed by atoms with van der Waals surface area (Å²) >= 11 is 8.32. The van der Waals surface area contributed by atoms with Gasteiger partial charge in [0, 0.05) is 26.7 Å². The van der Waals surface area contributed by atoms with Gasteiger partial charge in [0.25, 0.3) is 0 Å².